The smallest absolute Gasteiger partial charge is 0.225 e. The summed E-state index contributed by atoms with van der Waals surface area (Å²) >= 11 is 0. The molecule has 0 aromatic rings. The summed E-state index contributed by atoms with van der Waals surface area (Å²) in [7, 11) is 0. The molecule has 2 aliphatic heterocycles. The van der Waals surface area contributed by atoms with E-state index in [9.17, 15) is 4.79 Å². The summed E-state index contributed by atoms with van der Waals surface area (Å²) < 4.78 is 0. The standard InChI is InChI=1S/C15H26N2O/c1-11(12-7-8-12)15(18)17-10-3-2-6-14(17)13-5-4-9-16-13/h11-14,16H,2-10H2,1H3. The van der Waals surface area contributed by atoms with Gasteiger partial charge in [-0.25, -0.2) is 0 Å². The van der Waals surface area contributed by atoms with Crippen molar-refractivity contribution in [1.82, 2.24) is 10.2 Å². The summed E-state index contributed by atoms with van der Waals surface area (Å²) in [5.74, 6) is 1.40. The van der Waals surface area contributed by atoms with Crippen molar-refractivity contribution >= 4 is 5.91 Å². The van der Waals surface area contributed by atoms with Crippen molar-refractivity contribution in [3.63, 3.8) is 0 Å². The van der Waals surface area contributed by atoms with E-state index in [1.807, 2.05) is 0 Å². The number of carbonyl (C=O) groups is 1. The van der Waals surface area contributed by atoms with Gasteiger partial charge in [-0.1, -0.05) is 6.92 Å². The summed E-state index contributed by atoms with van der Waals surface area (Å²) in [6.45, 7) is 4.29. The predicted octanol–water partition coefficient (Wildman–Crippen LogP) is 2.17. The van der Waals surface area contributed by atoms with E-state index in [0.717, 1.165) is 13.1 Å². The Balaban J connectivity index is 1.68. The van der Waals surface area contributed by atoms with Crippen molar-refractivity contribution in [3.05, 3.63) is 0 Å². The van der Waals surface area contributed by atoms with Crippen molar-refractivity contribution in [1.29, 1.82) is 0 Å². The topological polar surface area (TPSA) is 32.3 Å². The van der Waals surface area contributed by atoms with Crippen LogP contribution in [-0.2, 0) is 4.79 Å². The van der Waals surface area contributed by atoms with Crippen LogP contribution in [0.15, 0.2) is 0 Å². The lowest BCUT2D eigenvalue weighted by molar-refractivity contribution is -0.140. The van der Waals surface area contributed by atoms with E-state index in [1.165, 1.54) is 44.9 Å². The first-order valence-corrected chi connectivity index (χ1v) is 7.81. The Morgan fingerprint density at radius 3 is 2.67 bits per heavy atom. The molecule has 1 saturated carbocycles. The monoisotopic (exact) mass is 250 g/mol. The summed E-state index contributed by atoms with van der Waals surface area (Å²) in [6.07, 6.45) is 8.78. The van der Waals surface area contributed by atoms with Gasteiger partial charge in [0.2, 0.25) is 5.91 Å². The van der Waals surface area contributed by atoms with Crippen LogP contribution in [0.25, 0.3) is 0 Å². The van der Waals surface area contributed by atoms with Gasteiger partial charge in [0.15, 0.2) is 0 Å². The summed E-state index contributed by atoms with van der Waals surface area (Å²) in [4.78, 5) is 14.9. The van der Waals surface area contributed by atoms with Crippen LogP contribution in [0.1, 0.15) is 51.9 Å². The summed E-state index contributed by atoms with van der Waals surface area (Å²) in [5, 5.41) is 3.60. The number of piperidine rings is 1. The second kappa shape index (κ2) is 5.20. The number of amides is 1. The first kappa shape index (κ1) is 12.5. The van der Waals surface area contributed by atoms with E-state index in [0.29, 0.717) is 23.9 Å². The molecule has 2 heterocycles. The molecule has 1 amide bonds. The molecule has 18 heavy (non-hydrogen) atoms. The molecule has 0 spiro atoms. The largest absolute Gasteiger partial charge is 0.338 e. The second-order valence-corrected chi connectivity index (χ2v) is 6.42. The zero-order valence-electron chi connectivity index (χ0n) is 11.5. The molecule has 3 unspecified atom stereocenters. The molecule has 1 N–H and O–H groups in total. The average Bonchev–Trinajstić information content (AvgIpc) is 3.12. The van der Waals surface area contributed by atoms with Crippen LogP contribution in [0.5, 0.6) is 0 Å². The van der Waals surface area contributed by atoms with Crippen molar-refractivity contribution in [2.45, 2.75) is 64.0 Å². The normalized spacial score (nSPS) is 34.6. The molecular formula is C15H26N2O. The summed E-state index contributed by atoms with van der Waals surface area (Å²) in [5.41, 5.74) is 0. The van der Waals surface area contributed by atoms with Gasteiger partial charge in [-0.3, -0.25) is 4.79 Å². The van der Waals surface area contributed by atoms with Gasteiger partial charge in [0.1, 0.15) is 0 Å². The molecule has 3 nitrogen and oxygen atoms in total. The van der Waals surface area contributed by atoms with Gasteiger partial charge >= 0.3 is 0 Å². The third kappa shape index (κ3) is 2.42. The molecule has 1 aliphatic carbocycles. The fraction of sp³-hybridized carbons (Fsp3) is 0.933. The average molecular weight is 250 g/mol. The van der Waals surface area contributed by atoms with Gasteiger partial charge in [0.25, 0.3) is 0 Å². The van der Waals surface area contributed by atoms with Gasteiger partial charge in [-0.05, 0) is 57.4 Å². The Hall–Kier alpha value is -0.570. The zero-order chi connectivity index (χ0) is 12.5. The lowest BCUT2D eigenvalue weighted by Gasteiger charge is -2.40. The Morgan fingerprint density at radius 1 is 1.17 bits per heavy atom. The molecule has 0 aromatic heterocycles. The van der Waals surface area contributed by atoms with Gasteiger partial charge in [-0.2, -0.15) is 0 Å². The van der Waals surface area contributed by atoms with Crippen molar-refractivity contribution in [2.24, 2.45) is 11.8 Å². The van der Waals surface area contributed by atoms with Crippen LogP contribution in [0, 0.1) is 11.8 Å². The Bertz CT molecular complexity index is 308. The molecule has 102 valence electrons. The number of nitrogens with zero attached hydrogens (tertiary/aromatic N) is 1. The minimum absolute atomic E-state index is 0.270. The third-order valence-corrected chi connectivity index (χ3v) is 5.11. The minimum atomic E-state index is 0.270. The first-order valence-electron chi connectivity index (χ1n) is 7.81. The highest BCUT2D eigenvalue weighted by Gasteiger charge is 2.40. The minimum Gasteiger partial charge on any atom is -0.338 e. The molecule has 3 fully saturated rings. The molecule has 0 aromatic carbocycles. The Labute approximate surface area is 110 Å². The maximum Gasteiger partial charge on any atom is 0.225 e. The number of carbonyl (C=O) groups excluding carboxylic acids is 1. The van der Waals surface area contributed by atoms with Gasteiger partial charge in [0.05, 0.1) is 0 Å². The van der Waals surface area contributed by atoms with Crippen LogP contribution in [-0.4, -0.2) is 36.0 Å². The molecule has 2 saturated heterocycles. The van der Waals surface area contributed by atoms with Crippen LogP contribution >= 0.6 is 0 Å². The predicted molar refractivity (Wildman–Crippen MR) is 72.3 cm³/mol. The van der Waals surface area contributed by atoms with Crippen molar-refractivity contribution in [3.8, 4) is 0 Å². The quantitative estimate of drug-likeness (QED) is 0.832. The molecule has 0 bridgehead atoms. The molecular weight excluding hydrogens is 224 g/mol. The van der Waals surface area contributed by atoms with Gasteiger partial charge in [0, 0.05) is 24.5 Å². The van der Waals surface area contributed by atoms with E-state index >= 15 is 0 Å². The highest BCUT2D eigenvalue weighted by molar-refractivity contribution is 5.79. The number of hydrogen-bond acceptors (Lipinski definition) is 2. The molecule has 0 radical (unpaired) electrons. The highest BCUT2D eigenvalue weighted by atomic mass is 16.2. The van der Waals surface area contributed by atoms with Gasteiger partial charge < -0.3 is 10.2 Å². The number of nitrogens with one attached hydrogen (secondary N) is 1. The van der Waals surface area contributed by atoms with Crippen LogP contribution in [0.2, 0.25) is 0 Å². The molecule has 3 rings (SSSR count). The van der Waals surface area contributed by atoms with Crippen LogP contribution in [0.4, 0.5) is 0 Å². The fourth-order valence-corrected chi connectivity index (χ4v) is 3.75. The Morgan fingerprint density at radius 2 is 2.00 bits per heavy atom. The van der Waals surface area contributed by atoms with Gasteiger partial charge in [-0.15, -0.1) is 0 Å². The van der Waals surface area contributed by atoms with Crippen LogP contribution < -0.4 is 5.32 Å². The van der Waals surface area contributed by atoms with E-state index in [-0.39, 0.29) is 5.92 Å². The molecule has 3 aliphatic rings. The second-order valence-electron chi connectivity index (χ2n) is 6.42. The fourth-order valence-electron chi connectivity index (χ4n) is 3.75. The van der Waals surface area contributed by atoms with Crippen molar-refractivity contribution in [2.75, 3.05) is 13.1 Å². The highest BCUT2D eigenvalue weighted by Crippen LogP contribution is 2.38. The lowest BCUT2D eigenvalue weighted by Crippen LogP contribution is -2.54. The molecule has 3 atom stereocenters. The van der Waals surface area contributed by atoms with E-state index in [2.05, 4.69) is 17.1 Å². The number of rotatable bonds is 3. The molecule has 3 heteroatoms. The third-order valence-electron chi connectivity index (χ3n) is 5.11. The van der Waals surface area contributed by atoms with E-state index < -0.39 is 0 Å². The SMILES string of the molecule is CC(C(=O)N1CCCCC1C1CCCN1)C1CC1. The Kier molecular flexibility index (Phi) is 3.60. The maximum atomic E-state index is 12.6. The first-order chi connectivity index (χ1) is 8.77. The van der Waals surface area contributed by atoms with Crippen LogP contribution in [0.3, 0.4) is 0 Å². The van der Waals surface area contributed by atoms with Crippen molar-refractivity contribution < 1.29 is 4.79 Å². The van der Waals surface area contributed by atoms with E-state index in [1.54, 1.807) is 0 Å². The zero-order valence-corrected chi connectivity index (χ0v) is 11.5. The lowest BCUT2D eigenvalue weighted by atomic mass is 9.92. The number of hydrogen-bond donors (Lipinski definition) is 1. The summed E-state index contributed by atoms with van der Waals surface area (Å²) in [6, 6.07) is 1.05. The van der Waals surface area contributed by atoms with E-state index in [4.69, 9.17) is 0 Å². The number of likely N-dealkylation sites (tertiary alicyclic amines) is 1. The maximum absolute atomic E-state index is 12.6.